The zero-order valence-corrected chi connectivity index (χ0v) is 12.6. The number of hydrogen-bond acceptors (Lipinski definition) is 1. The minimum absolute atomic E-state index is 0.00557. The van der Waals surface area contributed by atoms with Gasteiger partial charge in [0, 0.05) is 18.2 Å². The van der Waals surface area contributed by atoms with Crippen molar-refractivity contribution in [3.8, 4) is 11.8 Å². The molecule has 0 fully saturated rings. The minimum atomic E-state index is 0.00557. The summed E-state index contributed by atoms with van der Waals surface area (Å²) in [6.45, 7) is 5.86. The highest BCUT2D eigenvalue weighted by atomic mass is 16.5. The second-order valence-corrected chi connectivity index (χ2v) is 4.95. The van der Waals surface area contributed by atoms with Crippen LogP contribution in [0.4, 0.5) is 0 Å². The molecule has 1 unspecified atom stereocenters. The first kappa shape index (κ1) is 15.1. The average molecular weight is 276 g/mol. The fourth-order valence-corrected chi connectivity index (χ4v) is 2.17. The van der Waals surface area contributed by atoms with Crippen molar-refractivity contribution in [2.75, 3.05) is 7.11 Å². The van der Waals surface area contributed by atoms with E-state index in [4.69, 9.17) is 4.74 Å². The number of hydrogen-bond donors (Lipinski definition) is 0. The maximum absolute atomic E-state index is 5.55. The first-order valence-corrected chi connectivity index (χ1v) is 7.06. The molecule has 0 saturated heterocycles. The normalized spacial score (nSPS) is 11.3. The van der Waals surface area contributed by atoms with Gasteiger partial charge in [-0.25, -0.2) is 0 Å². The quantitative estimate of drug-likeness (QED) is 0.583. The summed E-state index contributed by atoms with van der Waals surface area (Å²) in [5.41, 5.74) is 4.38. The monoisotopic (exact) mass is 276 g/mol. The lowest BCUT2D eigenvalue weighted by Crippen LogP contribution is -2.02. The molecule has 0 heterocycles. The van der Waals surface area contributed by atoms with E-state index in [-0.39, 0.29) is 6.10 Å². The summed E-state index contributed by atoms with van der Waals surface area (Å²) < 4.78 is 5.55. The van der Waals surface area contributed by atoms with Gasteiger partial charge in [-0.05, 0) is 37.1 Å². The highest BCUT2D eigenvalue weighted by molar-refractivity contribution is 5.47. The van der Waals surface area contributed by atoms with Crippen molar-refractivity contribution in [2.24, 2.45) is 0 Å². The molecule has 0 bridgehead atoms. The van der Waals surface area contributed by atoms with Gasteiger partial charge in [0.05, 0.1) is 6.10 Å². The van der Waals surface area contributed by atoms with Gasteiger partial charge in [0.1, 0.15) is 0 Å². The predicted octanol–water partition coefficient (Wildman–Crippen LogP) is 4.66. The molecule has 106 valence electrons. The third-order valence-electron chi connectivity index (χ3n) is 3.37. The topological polar surface area (TPSA) is 9.23 Å². The van der Waals surface area contributed by atoms with E-state index in [1.807, 2.05) is 36.4 Å². The maximum atomic E-state index is 5.55. The van der Waals surface area contributed by atoms with Crippen LogP contribution in [0.25, 0.3) is 0 Å². The third kappa shape index (κ3) is 4.08. The molecule has 0 spiro atoms. The van der Waals surface area contributed by atoms with Crippen molar-refractivity contribution in [3.63, 3.8) is 0 Å². The van der Waals surface area contributed by atoms with E-state index in [2.05, 4.69) is 43.5 Å². The Morgan fingerprint density at radius 2 is 1.81 bits per heavy atom. The molecule has 0 N–H and O–H groups in total. The minimum Gasteiger partial charge on any atom is -0.376 e. The largest absolute Gasteiger partial charge is 0.376 e. The molecule has 0 radical (unpaired) electrons. The standard InChI is InChI=1S/C20H20O/c1-4-7-20(21-3)19-9-6-5-8-18(19)15-14-17-12-10-16(2)11-13-17/h4-6,8-13,20H,1,7H2,2-3H3. The lowest BCUT2D eigenvalue weighted by atomic mass is 10.00. The molecule has 1 nitrogen and oxygen atoms in total. The van der Waals surface area contributed by atoms with Gasteiger partial charge >= 0.3 is 0 Å². The Kier molecular flexibility index (Phi) is 5.37. The van der Waals surface area contributed by atoms with Crippen LogP contribution in [0.3, 0.4) is 0 Å². The van der Waals surface area contributed by atoms with Gasteiger partial charge < -0.3 is 4.74 Å². The lowest BCUT2D eigenvalue weighted by Gasteiger charge is -2.15. The second-order valence-electron chi connectivity index (χ2n) is 4.95. The van der Waals surface area contributed by atoms with Gasteiger partial charge in [-0.15, -0.1) is 6.58 Å². The van der Waals surface area contributed by atoms with Crippen LogP contribution in [-0.4, -0.2) is 7.11 Å². The van der Waals surface area contributed by atoms with Crippen LogP contribution in [-0.2, 0) is 4.74 Å². The molecule has 0 aliphatic rings. The number of benzene rings is 2. The summed E-state index contributed by atoms with van der Waals surface area (Å²) in [6, 6.07) is 16.4. The van der Waals surface area contributed by atoms with Crippen molar-refractivity contribution >= 4 is 0 Å². The van der Waals surface area contributed by atoms with Gasteiger partial charge in [-0.1, -0.05) is 53.8 Å². The molecular formula is C20H20O. The summed E-state index contributed by atoms with van der Waals surface area (Å²) in [6.07, 6.45) is 2.66. The Hall–Kier alpha value is -2.30. The molecule has 21 heavy (non-hydrogen) atoms. The van der Waals surface area contributed by atoms with Crippen molar-refractivity contribution in [2.45, 2.75) is 19.4 Å². The first-order valence-electron chi connectivity index (χ1n) is 7.06. The summed E-state index contributed by atoms with van der Waals surface area (Å²) in [5, 5.41) is 0. The van der Waals surface area contributed by atoms with Gasteiger partial charge in [-0.2, -0.15) is 0 Å². The molecule has 2 rings (SSSR count). The molecule has 0 aliphatic heterocycles. The predicted molar refractivity (Wildman–Crippen MR) is 88.2 cm³/mol. The smallest absolute Gasteiger partial charge is 0.0867 e. The zero-order chi connectivity index (χ0) is 15.1. The van der Waals surface area contributed by atoms with Gasteiger partial charge in [0.2, 0.25) is 0 Å². The maximum Gasteiger partial charge on any atom is 0.0867 e. The van der Waals surface area contributed by atoms with Gasteiger partial charge in [0.25, 0.3) is 0 Å². The molecule has 1 atom stereocenters. The third-order valence-corrected chi connectivity index (χ3v) is 3.37. The molecule has 0 amide bonds. The van der Waals surface area contributed by atoms with Crippen LogP contribution in [0.2, 0.25) is 0 Å². The van der Waals surface area contributed by atoms with Crippen molar-refractivity contribution in [1.82, 2.24) is 0 Å². The first-order chi connectivity index (χ1) is 10.2. The summed E-state index contributed by atoms with van der Waals surface area (Å²) in [7, 11) is 1.72. The summed E-state index contributed by atoms with van der Waals surface area (Å²) >= 11 is 0. The fraction of sp³-hybridized carbons (Fsp3) is 0.200. The SMILES string of the molecule is C=CCC(OC)c1ccccc1C#Cc1ccc(C)cc1. The van der Waals surface area contributed by atoms with Gasteiger partial charge in [-0.3, -0.25) is 0 Å². The number of aryl methyl sites for hydroxylation is 1. The van der Waals surface area contributed by atoms with Crippen LogP contribution >= 0.6 is 0 Å². The fourth-order valence-electron chi connectivity index (χ4n) is 2.17. The molecule has 2 aromatic rings. The van der Waals surface area contributed by atoms with Crippen molar-refractivity contribution in [3.05, 3.63) is 83.4 Å². The number of methoxy groups -OCH3 is 1. The van der Waals surface area contributed by atoms with Crippen LogP contribution < -0.4 is 0 Å². The highest BCUT2D eigenvalue weighted by Gasteiger charge is 2.11. The summed E-state index contributed by atoms with van der Waals surface area (Å²) in [5.74, 6) is 6.48. The van der Waals surface area contributed by atoms with Crippen molar-refractivity contribution < 1.29 is 4.74 Å². The highest BCUT2D eigenvalue weighted by Crippen LogP contribution is 2.24. The van der Waals surface area contributed by atoms with Crippen molar-refractivity contribution in [1.29, 1.82) is 0 Å². The molecule has 1 heteroatoms. The van der Waals surface area contributed by atoms with E-state index < -0.39 is 0 Å². The van der Waals surface area contributed by atoms with E-state index >= 15 is 0 Å². The lowest BCUT2D eigenvalue weighted by molar-refractivity contribution is 0.106. The van der Waals surface area contributed by atoms with E-state index in [1.54, 1.807) is 7.11 Å². The number of ether oxygens (including phenoxy) is 1. The van der Waals surface area contributed by atoms with Crippen LogP contribution in [0, 0.1) is 18.8 Å². The van der Waals surface area contributed by atoms with Crippen LogP contribution in [0.5, 0.6) is 0 Å². The zero-order valence-electron chi connectivity index (χ0n) is 12.6. The Morgan fingerprint density at radius 3 is 2.48 bits per heavy atom. The van der Waals surface area contributed by atoms with Gasteiger partial charge in [0.15, 0.2) is 0 Å². The average Bonchev–Trinajstić information content (AvgIpc) is 2.52. The molecule has 0 saturated carbocycles. The number of rotatable bonds is 4. The Bertz CT molecular complexity index is 656. The van der Waals surface area contributed by atoms with Crippen LogP contribution in [0.15, 0.2) is 61.2 Å². The van der Waals surface area contributed by atoms with E-state index in [1.165, 1.54) is 5.56 Å². The van der Waals surface area contributed by atoms with E-state index in [0.717, 1.165) is 23.1 Å². The Morgan fingerprint density at radius 1 is 1.10 bits per heavy atom. The Labute approximate surface area is 127 Å². The second kappa shape index (κ2) is 7.47. The Balaban J connectivity index is 2.32. The summed E-state index contributed by atoms with van der Waals surface area (Å²) in [4.78, 5) is 0. The molecule has 0 aliphatic carbocycles. The van der Waals surface area contributed by atoms with E-state index in [0.29, 0.717) is 0 Å². The molecule has 2 aromatic carbocycles. The van der Waals surface area contributed by atoms with E-state index in [9.17, 15) is 0 Å². The molecule has 0 aromatic heterocycles. The molecular weight excluding hydrogens is 256 g/mol. The van der Waals surface area contributed by atoms with Crippen LogP contribution in [0.1, 0.15) is 34.8 Å².